The van der Waals surface area contributed by atoms with Crippen molar-refractivity contribution in [3.8, 4) is 0 Å². The van der Waals surface area contributed by atoms with Crippen LogP contribution in [0.4, 0.5) is 8.78 Å². The standard InChI is InChI=1S/C8H10F2O2/c1-4-2-3-5(11)6(4)7(12)8(9)10/h4,6,8H,2-3H2,1H3. The average molecular weight is 176 g/mol. The summed E-state index contributed by atoms with van der Waals surface area (Å²) in [5.74, 6) is -2.78. The van der Waals surface area contributed by atoms with Crippen molar-refractivity contribution in [2.45, 2.75) is 26.2 Å². The van der Waals surface area contributed by atoms with Crippen LogP contribution in [0.2, 0.25) is 0 Å². The zero-order chi connectivity index (χ0) is 9.30. The Hall–Kier alpha value is -0.800. The summed E-state index contributed by atoms with van der Waals surface area (Å²) < 4.78 is 23.9. The Morgan fingerprint density at radius 3 is 2.50 bits per heavy atom. The van der Waals surface area contributed by atoms with Crippen LogP contribution < -0.4 is 0 Å². The van der Waals surface area contributed by atoms with Crippen molar-refractivity contribution in [1.29, 1.82) is 0 Å². The molecule has 0 spiro atoms. The maximum absolute atomic E-state index is 11.9. The number of alkyl halides is 2. The highest BCUT2D eigenvalue weighted by molar-refractivity contribution is 6.05. The van der Waals surface area contributed by atoms with Gasteiger partial charge in [0, 0.05) is 6.42 Å². The molecule has 0 radical (unpaired) electrons. The molecule has 1 fully saturated rings. The number of halogens is 2. The van der Waals surface area contributed by atoms with Gasteiger partial charge in [0.25, 0.3) is 6.43 Å². The molecule has 68 valence electrons. The molecule has 1 aliphatic carbocycles. The van der Waals surface area contributed by atoms with Crippen LogP contribution in [0.5, 0.6) is 0 Å². The van der Waals surface area contributed by atoms with Gasteiger partial charge in [-0.25, -0.2) is 8.78 Å². The number of carbonyl (C=O) groups excluding carboxylic acids is 2. The molecule has 0 bridgehead atoms. The molecular formula is C8H10F2O2. The Balaban J connectivity index is 2.73. The van der Waals surface area contributed by atoms with Crippen molar-refractivity contribution in [3.05, 3.63) is 0 Å². The third-order valence-corrected chi connectivity index (χ3v) is 2.28. The number of rotatable bonds is 2. The molecule has 0 N–H and O–H groups in total. The Kier molecular flexibility index (Phi) is 2.55. The summed E-state index contributed by atoms with van der Waals surface area (Å²) in [6.45, 7) is 1.66. The fourth-order valence-electron chi connectivity index (χ4n) is 1.58. The molecule has 2 unspecified atom stereocenters. The smallest absolute Gasteiger partial charge is 0.296 e. The van der Waals surface area contributed by atoms with Gasteiger partial charge >= 0.3 is 0 Å². The first-order valence-electron chi connectivity index (χ1n) is 3.88. The van der Waals surface area contributed by atoms with Crippen molar-refractivity contribution < 1.29 is 18.4 Å². The predicted octanol–water partition coefficient (Wildman–Crippen LogP) is 1.44. The lowest BCUT2D eigenvalue weighted by Gasteiger charge is -2.10. The van der Waals surface area contributed by atoms with E-state index >= 15 is 0 Å². The number of ketones is 2. The molecule has 1 rings (SSSR count). The Bertz CT molecular complexity index is 213. The summed E-state index contributed by atoms with van der Waals surface area (Å²) in [6, 6.07) is 0. The van der Waals surface area contributed by atoms with Crippen LogP contribution >= 0.6 is 0 Å². The largest absolute Gasteiger partial charge is 0.299 e. The van der Waals surface area contributed by atoms with E-state index in [9.17, 15) is 18.4 Å². The topological polar surface area (TPSA) is 34.1 Å². The zero-order valence-corrected chi connectivity index (χ0v) is 6.72. The molecule has 0 aromatic heterocycles. The third kappa shape index (κ3) is 1.52. The predicted molar refractivity (Wildman–Crippen MR) is 37.9 cm³/mol. The number of hydrogen-bond acceptors (Lipinski definition) is 2. The van der Waals surface area contributed by atoms with Crippen LogP contribution in [0.25, 0.3) is 0 Å². The molecule has 12 heavy (non-hydrogen) atoms. The number of carbonyl (C=O) groups is 2. The van der Waals surface area contributed by atoms with Crippen LogP contribution in [0.15, 0.2) is 0 Å². The first-order valence-corrected chi connectivity index (χ1v) is 3.88. The van der Waals surface area contributed by atoms with E-state index in [1.54, 1.807) is 6.92 Å². The minimum absolute atomic E-state index is 0.209. The molecular weight excluding hydrogens is 166 g/mol. The van der Waals surface area contributed by atoms with Gasteiger partial charge in [0.05, 0.1) is 5.92 Å². The molecule has 1 aliphatic rings. The molecule has 0 aromatic rings. The maximum Gasteiger partial charge on any atom is 0.296 e. The van der Waals surface area contributed by atoms with Crippen LogP contribution in [0.1, 0.15) is 19.8 Å². The van der Waals surface area contributed by atoms with Gasteiger partial charge in [0.1, 0.15) is 5.78 Å². The van der Waals surface area contributed by atoms with Crippen molar-refractivity contribution in [2.75, 3.05) is 0 Å². The lowest BCUT2D eigenvalue weighted by Crippen LogP contribution is -2.28. The zero-order valence-electron chi connectivity index (χ0n) is 6.72. The fraction of sp³-hybridized carbons (Fsp3) is 0.750. The number of Topliss-reactive ketones (excluding diaryl/α,β-unsaturated/α-hetero) is 2. The molecule has 0 aromatic carbocycles. The van der Waals surface area contributed by atoms with E-state index in [1.807, 2.05) is 0 Å². The van der Waals surface area contributed by atoms with Crippen molar-refractivity contribution in [3.63, 3.8) is 0 Å². The Labute approximate surface area is 68.9 Å². The molecule has 4 heteroatoms. The summed E-state index contributed by atoms with van der Waals surface area (Å²) in [4.78, 5) is 21.8. The van der Waals surface area contributed by atoms with Gasteiger partial charge < -0.3 is 0 Å². The normalized spacial score (nSPS) is 29.8. The van der Waals surface area contributed by atoms with E-state index in [0.717, 1.165) is 0 Å². The van der Waals surface area contributed by atoms with E-state index in [4.69, 9.17) is 0 Å². The second kappa shape index (κ2) is 3.29. The molecule has 0 amide bonds. The summed E-state index contributed by atoms with van der Waals surface area (Å²) in [6.07, 6.45) is -2.17. The van der Waals surface area contributed by atoms with Crippen molar-refractivity contribution in [1.82, 2.24) is 0 Å². The van der Waals surface area contributed by atoms with E-state index in [1.165, 1.54) is 0 Å². The minimum Gasteiger partial charge on any atom is -0.299 e. The van der Waals surface area contributed by atoms with E-state index in [-0.39, 0.29) is 18.1 Å². The van der Waals surface area contributed by atoms with Gasteiger partial charge in [-0.1, -0.05) is 6.92 Å². The third-order valence-electron chi connectivity index (χ3n) is 2.28. The fourth-order valence-corrected chi connectivity index (χ4v) is 1.58. The average Bonchev–Trinajstić information content (AvgIpc) is 2.30. The molecule has 2 atom stereocenters. The summed E-state index contributed by atoms with van der Waals surface area (Å²) in [5, 5.41) is 0. The molecule has 1 saturated carbocycles. The highest BCUT2D eigenvalue weighted by atomic mass is 19.3. The first kappa shape index (κ1) is 9.29. The minimum atomic E-state index is -3.00. The summed E-state index contributed by atoms with van der Waals surface area (Å²) in [7, 11) is 0. The number of hydrogen-bond donors (Lipinski definition) is 0. The van der Waals surface area contributed by atoms with Crippen LogP contribution in [0, 0.1) is 11.8 Å². The van der Waals surface area contributed by atoms with E-state index in [0.29, 0.717) is 6.42 Å². The van der Waals surface area contributed by atoms with Crippen LogP contribution in [-0.2, 0) is 9.59 Å². The van der Waals surface area contributed by atoms with Crippen molar-refractivity contribution in [2.24, 2.45) is 11.8 Å². The van der Waals surface area contributed by atoms with Gasteiger partial charge in [-0.15, -0.1) is 0 Å². The van der Waals surface area contributed by atoms with Gasteiger partial charge in [-0.2, -0.15) is 0 Å². The highest BCUT2D eigenvalue weighted by Crippen LogP contribution is 2.30. The molecule has 0 saturated heterocycles. The van der Waals surface area contributed by atoms with Crippen molar-refractivity contribution >= 4 is 11.6 Å². The SMILES string of the molecule is CC1CCC(=O)C1C(=O)C(F)F. The quantitative estimate of drug-likeness (QED) is 0.596. The summed E-state index contributed by atoms with van der Waals surface area (Å²) in [5.41, 5.74) is 0. The molecule has 0 heterocycles. The van der Waals surface area contributed by atoms with E-state index in [2.05, 4.69) is 0 Å². The van der Waals surface area contributed by atoms with Gasteiger partial charge in [-0.3, -0.25) is 9.59 Å². The first-order chi connectivity index (χ1) is 5.54. The Morgan fingerprint density at radius 1 is 1.58 bits per heavy atom. The lowest BCUT2D eigenvalue weighted by molar-refractivity contribution is -0.139. The monoisotopic (exact) mass is 176 g/mol. The van der Waals surface area contributed by atoms with Gasteiger partial charge in [0.2, 0.25) is 5.78 Å². The lowest BCUT2D eigenvalue weighted by atomic mass is 9.93. The van der Waals surface area contributed by atoms with Crippen LogP contribution in [0.3, 0.4) is 0 Å². The van der Waals surface area contributed by atoms with Gasteiger partial charge in [-0.05, 0) is 12.3 Å². The maximum atomic E-state index is 11.9. The molecule has 2 nitrogen and oxygen atoms in total. The highest BCUT2D eigenvalue weighted by Gasteiger charge is 2.40. The Morgan fingerprint density at radius 2 is 2.17 bits per heavy atom. The van der Waals surface area contributed by atoms with E-state index < -0.39 is 18.1 Å². The van der Waals surface area contributed by atoms with Crippen LogP contribution in [-0.4, -0.2) is 18.0 Å². The second-order valence-electron chi connectivity index (χ2n) is 3.16. The molecule has 0 aliphatic heterocycles. The summed E-state index contributed by atoms with van der Waals surface area (Å²) >= 11 is 0. The van der Waals surface area contributed by atoms with Gasteiger partial charge in [0.15, 0.2) is 0 Å². The second-order valence-corrected chi connectivity index (χ2v) is 3.16.